The number of nitriles is 1. The summed E-state index contributed by atoms with van der Waals surface area (Å²) < 4.78 is 24.3. The Hall–Kier alpha value is -2.72. The van der Waals surface area contributed by atoms with Gasteiger partial charge in [0, 0.05) is 12.4 Å². The Bertz CT molecular complexity index is 841. The van der Waals surface area contributed by atoms with Crippen molar-refractivity contribution in [3.63, 3.8) is 0 Å². The molecule has 24 heavy (non-hydrogen) atoms. The maximum absolute atomic E-state index is 12.1. The van der Waals surface area contributed by atoms with Gasteiger partial charge in [0.05, 0.1) is 23.4 Å². The molecule has 2 rings (SSSR count). The average Bonchev–Trinajstić information content (AvgIpc) is 2.55. The van der Waals surface area contributed by atoms with Crippen LogP contribution in [0.15, 0.2) is 48.8 Å². The second kappa shape index (κ2) is 7.70. The van der Waals surface area contributed by atoms with E-state index in [9.17, 15) is 13.2 Å². The van der Waals surface area contributed by atoms with E-state index in [2.05, 4.69) is 10.3 Å². The van der Waals surface area contributed by atoms with Crippen LogP contribution >= 0.6 is 0 Å². The number of carbonyl (C=O) groups is 1. The predicted molar refractivity (Wildman–Crippen MR) is 89.4 cm³/mol. The van der Waals surface area contributed by atoms with Crippen LogP contribution in [-0.4, -0.2) is 25.1 Å². The lowest BCUT2D eigenvalue weighted by atomic mass is 10.1. The Morgan fingerprint density at radius 3 is 2.42 bits per heavy atom. The quantitative estimate of drug-likeness (QED) is 0.861. The minimum absolute atomic E-state index is 0.240. The highest BCUT2D eigenvalue weighted by Gasteiger charge is 2.19. The van der Waals surface area contributed by atoms with Gasteiger partial charge in [0.2, 0.25) is 5.91 Å². The van der Waals surface area contributed by atoms with Gasteiger partial charge >= 0.3 is 0 Å². The minimum atomic E-state index is -3.59. The van der Waals surface area contributed by atoms with Crippen LogP contribution in [0.25, 0.3) is 0 Å². The molecular weight excluding hydrogens is 326 g/mol. The third-order valence-electron chi connectivity index (χ3n) is 3.40. The van der Waals surface area contributed by atoms with Crippen LogP contribution in [0.2, 0.25) is 0 Å². The fourth-order valence-corrected chi connectivity index (χ4v) is 3.48. The standard InChI is InChI=1S/C17H17N3O3S/c1-13(16-6-8-19-9-7-16)20-17(21)12-24(22,23)11-15-4-2-14(10-18)3-5-15/h2-9,13H,11-12H2,1H3,(H,20,21). The number of pyridine rings is 1. The molecule has 2 aromatic rings. The highest BCUT2D eigenvalue weighted by atomic mass is 32.2. The van der Waals surface area contributed by atoms with E-state index in [0.717, 1.165) is 5.56 Å². The summed E-state index contributed by atoms with van der Waals surface area (Å²) in [6, 6.07) is 11.4. The lowest BCUT2D eigenvalue weighted by molar-refractivity contribution is -0.119. The number of benzene rings is 1. The molecule has 0 bridgehead atoms. The molecule has 1 unspecified atom stereocenters. The Kier molecular flexibility index (Phi) is 5.66. The number of carbonyl (C=O) groups excluding carboxylic acids is 1. The molecule has 1 aromatic heterocycles. The van der Waals surface area contributed by atoms with Gasteiger partial charge in [-0.1, -0.05) is 12.1 Å². The number of rotatable bonds is 6. The molecule has 1 amide bonds. The molecular formula is C17H17N3O3S. The molecule has 0 spiro atoms. The van der Waals surface area contributed by atoms with E-state index in [1.54, 1.807) is 55.7 Å². The zero-order valence-corrected chi connectivity index (χ0v) is 14.0. The van der Waals surface area contributed by atoms with Crippen LogP contribution in [0.5, 0.6) is 0 Å². The van der Waals surface area contributed by atoms with Crippen molar-refractivity contribution in [3.8, 4) is 6.07 Å². The Labute approximate surface area is 141 Å². The minimum Gasteiger partial charge on any atom is -0.349 e. The molecule has 0 aliphatic rings. The van der Waals surface area contributed by atoms with Gasteiger partial charge in [0.15, 0.2) is 9.84 Å². The summed E-state index contributed by atoms with van der Waals surface area (Å²) in [5.74, 6) is -1.37. The molecule has 0 aliphatic heterocycles. The van der Waals surface area contributed by atoms with Crippen LogP contribution < -0.4 is 5.32 Å². The van der Waals surface area contributed by atoms with E-state index < -0.39 is 21.5 Å². The summed E-state index contributed by atoms with van der Waals surface area (Å²) in [7, 11) is -3.59. The monoisotopic (exact) mass is 343 g/mol. The van der Waals surface area contributed by atoms with Gasteiger partial charge < -0.3 is 5.32 Å². The van der Waals surface area contributed by atoms with Crippen molar-refractivity contribution in [2.45, 2.75) is 18.7 Å². The molecule has 0 fully saturated rings. The summed E-state index contributed by atoms with van der Waals surface area (Å²) in [6.07, 6.45) is 3.22. The van der Waals surface area contributed by atoms with Crippen molar-refractivity contribution in [2.24, 2.45) is 0 Å². The highest BCUT2D eigenvalue weighted by Crippen LogP contribution is 2.11. The molecule has 0 radical (unpaired) electrons. The molecule has 1 aromatic carbocycles. The van der Waals surface area contributed by atoms with Gasteiger partial charge in [0.25, 0.3) is 0 Å². The Balaban J connectivity index is 1.95. The van der Waals surface area contributed by atoms with Crippen molar-refractivity contribution in [1.82, 2.24) is 10.3 Å². The molecule has 7 heteroatoms. The highest BCUT2D eigenvalue weighted by molar-refractivity contribution is 7.91. The number of nitrogens with zero attached hydrogens (tertiary/aromatic N) is 2. The summed E-state index contributed by atoms with van der Waals surface area (Å²) in [5, 5.41) is 11.4. The third kappa shape index (κ3) is 5.18. The smallest absolute Gasteiger partial charge is 0.235 e. The number of amides is 1. The van der Waals surface area contributed by atoms with Gasteiger partial charge in [-0.15, -0.1) is 0 Å². The second-order valence-corrected chi connectivity index (χ2v) is 7.48. The first kappa shape index (κ1) is 17.6. The lowest BCUT2D eigenvalue weighted by Gasteiger charge is -2.14. The van der Waals surface area contributed by atoms with Gasteiger partial charge in [-0.25, -0.2) is 8.42 Å². The van der Waals surface area contributed by atoms with Crippen LogP contribution in [0.3, 0.4) is 0 Å². The summed E-state index contributed by atoms with van der Waals surface area (Å²) >= 11 is 0. The van der Waals surface area contributed by atoms with E-state index in [1.807, 2.05) is 6.07 Å². The average molecular weight is 343 g/mol. The molecule has 6 nitrogen and oxygen atoms in total. The predicted octanol–water partition coefficient (Wildman–Crippen LogP) is 1.75. The molecule has 124 valence electrons. The fraction of sp³-hybridized carbons (Fsp3) is 0.235. The molecule has 0 saturated carbocycles. The van der Waals surface area contributed by atoms with Gasteiger partial charge in [-0.05, 0) is 42.3 Å². The topological polar surface area (TPSA) is 99.9 Å². The van der Waals surface area contributed by atoms with Crippen LogP contribution in [0, 0.1) is 11.3 Å². The van der Waals surface area contributed by atoms with E-state index >= 15 is 0 Å². The molecule has 1 atom stereocenters. The summed E-state index contributed by atoms with van der Waals surface area (Å²) in [5.41, 5.74) is 1.85. The van der Waals surface area contributed by atoms with Crippen molar-refractivity contribution in [2.75, 3.05) is 5.75 Å². The largest absolute Gasteiger partial charge is 0.349 e. The SMILES string of the molecule is CC(NC(=O)CS(=O)(=O)Cc1ccc(C#N)cc1)c1ccncc1. The Morgan fingerprint density at radius 1 is 1.21 bits per heavy atom. The first-order chi connectivity index (χ1) is 11.4. The fourth-order valence-electron chi connectivity index (χ4n) is 2.20. The van der Waals surface area contributed by atoms with Gasteiger partial charge in [-0.3, -0.25) is 9.78 Å². The number of sulfone groups is 1. The summed E-state index contributed by atoms with van der Waals surface area (Å²) in [4.78, 5) is 15.9. The van der Waals surface area contributed by atoms with Crippen molar-refractivity contribution in [1.29, 1.82) is 5.26 Å². The van der Waals surface area contributed by atoms with Crippen molar-refractivity contribution >= 4 is 15.7 Å². The van der Waals surface area contributed by atoms with Crippen LogP contribution in [-0.2, 0) is 20.4 Å². The van der Waals surface area contributed by atoms with E-state index in [4.69, 9.17) is 5.26 Å². The van der Waals surface area contributed by atoms with Gasteiger partial charge in [0.1, 0.15) is 5.75 Å². The van der Waals surface area contributed by atoms with E-state index in [0.29, 0.717) is 11.1 Å². The number of hydrogen-bond acceptors (Lipinski definition) is 5. The van der Waals surface area contributed by atoms with Crippen molar-refractivity contribution < 1.29 is 13.2 Å². The number of hydrogen-bond donors (Lipinski definition) is 1. The second-order valence-electron chi connectivity index (χ2n) is 5.41. The zero-order chi connectivity index (χ0) is 17.6. The van der Waals surface area contributed by atoms with Crippen LogP contribution in [0.4, 0.5) is 0 Å². The maximum Gasteiger partial charge on any atom is 0.235 e. The molecule has 1 N–H and O–H groups in total. The lowest BCUT2D eigenvalue weighted by Crippen LogP contribution is -2.32. The number of aromatic nitrogens is 1. The molecule has 0 saturated heterocycles. The van der Waals surface area contributed by atoms with Crippen molar-refractivity contribution in [3.05, 3.63) is 65.5 Å². The normalized spacial score (nSPS) is 12.2. The zero-order valence-electron chi connectivity index (χ0n) is 13.1. The number of nitrogens with one attached hydrogen (secondary N) is 1. The summed E-state index contributed by atoms with van der Waals surface area (Å²) in [6.45, 7) is 1.78. The molecule has 1 heterocycles. The first-order valence-corrected chi connectivity index (χ1v) is 9.10. The van der Waals surface area contributed by atoms with E-state index in [-0.39, 0.29) is 11.8 Å². The molecule has 0 aliphatic carbocycles. The van der Waals surface area contributed by atoms with E-state index in [1.165, 1.54) is 0 Å². The first-order valence-electron chi connectivity index (χ1n) is 7.28. The Morgan fingerprint density at radius 2 is 1.83 bits per heavy atom. The third-order valence-corrected chi connectivity index (χ3v) is 4.88. The van der Waals surface area contributed by atoms with Crippen LogP contribution in [0.1, 0.15) is 29.7 Å². The maximum atomic E-state index is 12.1. The van der Waals surface area contributed by atoms with Gasteiger partial charge in [-0.2, -0.15) is 5.26 Å².